The first-order valence-corrected chi connectivity index (χ1v) is 6.40. The van der Waals surface area contributed by atoms with Gasteiger partial charge in [0.15, 0.2) is 0 Å². The third kappa shape index (κ3) is 3.82. The summed E-state index contributed by atoms with van der Waals surface area (Å²) < 4.78 is 5.18. The van der Waals surface area contributed by atoms with E-state index in [2.05, 4.69) is 17.4 Å². The van der Waals surface area contributed by atoms with Gasteiger partial charge < -0.3 is 9.84 Å². The van der Waals surface area contributed by atoms with Crippen LogP contribution in [-0.4, -0.2) is 30.0 Å². The van der Waals surface area contributed by atoms with E-state index < -0.39 is 6.23 Å². The van der Waals surface area contributed by atoms with Crippen molar-refractivity contribution in [2.75, 3.05) is 6.61 Å². The normalized spacial score (nSPS) is 22.9. The summed E-state index contributed by atoms with van der Waals surface area (Å²) in [6.07, 6.45) is 2.44. The molecule has 1 saturated heterocycles. The molecule has 0 aromatic heterocycles. The number of benzene rings is 1. The minimum absolute atomic E-state index is 0.250. The number of rotatable bonds is 5. The molecule has 0 amide bonds. The molecular formula is C14H19NO3. The molecule has 18 heavy (non-hydrogen) atoms. The minimum atomic E-state index is -0.563. The van der Waals surface area contributed by atoms with E-state index in [0.717, 1.165) is 12.8 Å². The van der Waals surface area contributed by atoms with Gasteiger partial charge in [0, 0.05) is 0 Å². The lowest BCUT2D eigenvalue weighted by Gasteiger charge is -2.11. The second kappa shape index (κ2) is 6.52. The fourth-order valence-corrected chi connectivity index (χ4v) is 2.10. The third-order valence-electron chi connectivity index (χ3n) is 3.10. The topological polar surface area (TPSA) is 58.6 Å². The largest absolute Gasteiger partial charge is 0.465 e. The molecule has 1 aromatic rings. The number of hydrogen-bond donors (Lipinski definition) is 2. The first-order chi connectivity index (χ1) is 8.75. The highest BCUT2D eigenvalue weighted by Gasteiger charge is 2.28. The molecule has 4 nitrogen and oxygen atoms in total. The molecule has 2 rings (SSSR count). The summed E-state index contributed by atoms with van der Waals surface area (Å²) in [5, 5.41) is 12.0. The summed E-state index contributed by atoms with van der Waals surface area (Å²) in [4.78, 5) is 11.6. The van der Waals surface area contributed by atoms with Gasteiger partial charge in [-0.05, 0) is 31.2 Å². The number of carbonyl (C=O) groups is 1. The van der Waals surface area contributed by atoms with Crippen LogP contribution >= 0.6 is 0 Å². The lowest BCUT2D eigenvalue weighted by molar-refractivity contribution is -0.146. The number of aliphatic hydroxyl groups is 1. The van der Waals surface area contributed by atoms with Gasteiger partial charge in [-0.25, -0.2) is 0 Å². The molecule has 1 heterocycles. The molecule has 98 valence electrons. The summed E-state index contributed by atoms with van der Waals surface area (Å²) in [6, 6.07) is 9.79. The molecule has 0 bridgehead atoms. The maximum absolute atomic E-state index is 11.6. The second-order valence-electron chi connectivity index (χ2n) is 4.57. The van der Waals surface area contributed by atoms with Crippen LogP contribution in [0, 0.1) is 0 Å². The van der Waals surface area contributed by atoms with Crippen LogP contribution in [-0.2, 0) is 16.0 Å². The molecule has 2 atom stereocenters. The van der Waals surface area contributed by atoms with E-state index in [-0.39, 0.29) is 12.0 Å². The Kier molecular flexibility index (Phi) is 4.73. The number of aliphatic hydroxyl groups excluding tert-OH is 1. The van der Waals surface area contributed by atoms with Crippen molar-refractivity contribution in [3.05, 3.63) is 35.9 Å². The van der Waals surface area contributed by atoms with Gasteiger partial charge in [-0.3, -0.25) is 10.1 Å². The number of carbonyl (C=O) groups excluding carboxylic acids is 1. The Balaban J connectivity index is 1.62. The van der Waals surface area contributed by atoms with Crippen LogP contribution in [0.1, 0.15) is 24.8 Å². The fraction of sp³-hybridized carbons (Fsp3) is 0.500. The van der Waals surface area contributed by atoms with E-state index in [1.54, 1.807) is 0 Å². The Labute approximate surface area is 107 Å². The summed E-state index contributed by atoms with van der Waals surface area (Å²) >= 11 is 0. The van der Waals surface area contributed by atoms with Gasteiger partial charge in [0.25, 0.3) is 0 Å². The lowest BCUT2D eigenvalue weighted by Crippen LogP contribution is -2.36. The van der Waals surface area contributed by atoms with Crippen LogP contribution in [0.15, 0.2) is 30.3 Å². The smallest absolute Gasteiger partial charge is 0.323 e. The monoisotopic (exact) mass is 249 g/mol. The van der Waals surface area contributed by atoms with Gasteiger partial charge in [0.2, 0.25) is 0 Å². The standard InChI is InChI=1S/C14H19NO3/c16-13-9-8-12(15-13)14(17)18-10-4-7-11-5-2-1-3-6-11/h1-3,5-6,12-13,15-16H,4,7-10H2/t12?,13-/m1/s1. The van der Waals surface area contributed by atoms with Gasteiger partial charge in [0.1, 0.15) is 12.3 Å². The molecule has 1 aromatic carbocycles. The zero-order chi connectivity index (χ0) is 12.8. The fourth-order valence-electron chi connectivity index (χ4n) is 2.10. The summed E-state index contributed by atoms with van der Waals surface area (Å²) in [5.74, 6) is -0.250. The zero-order valence-electron chi connectivity index (χ0n) is 10.3. The number of esters is 1. The molecule has 0 radical (unpaired) electrons. The molecular weight excluding hydrogens is 230 g/mol. The molecule has 1 aliphatic heterocycles. The van der Waals surface area contributed by atoms with Gasteiger partial charge in [-0.15, -0.1) is 0 Å². The molecule has 0 aliphatic carbocycles. The van der Waals surface area contributed by atoms with Crippen molar-refractivity contribution in [3.63, 3.8) is 0 Å². The molecule has 0 saturated carbocycles. The quantitative estimate of drug-likeness (QED) is 0.609. The lowest BCUT2D eigenvalue weighted by atomic mass is 10.1. The van der Waals surface area contributed by atoms with Crippen molar-refractivity contribution in [1.82, 2.24) is 5.32 Å². The summed E-state index contributed by atoms with van der Waals surface area (Å²) in [7, 11) is 0. The maximum Gasteiger partial charge on any atom is 0.323 e. The Morgan fingerprint density at radius 1 is 1.33 bits per heavy atom. The van der Waals surface area contributed by atoms with E-state index in [4.69, 9.17) is 4.74 Å². The van der Waals surface area contributed by atoms with Crippen molar-refractivity contribution in [2.45, 2.75) is 38.0 Å². The van der Waals surface area contributed by atoms with Crippen LogP contribution in [0.3, 0.4) is 0 Å². The Hall–Kier alpha value is -1.39. The predicted molar refractivity (Wildman–Crippen MR) is 67.9 cm³/mol. The van der Waals surface area contributed by atoms with Crippen LogP contribution in [0.5, 0.6) is 0 Å². The Bertz CT molecular complexity index is 380. The van der Waals surface area contributed by atoms with E-state index in [1.807, 2.05) is 18.2 Å². The average Bonchev–Trinajstić information content (AvgIpc) is 2.82. The first-order valence-electron chi connectivity index (χ1n) is 6.40. The van der Waals surface area contributed by atoms with Gasteiger partial charge in [-0.2, -0.15) is 0 Å². The molecule has 2 N–H and O–H groups in total. The van der Waals surface area contributed by atoms with E-state index in [9.17, 15) is 9.90 Å². The van der Waals surface area contributed by atoms with Crippen LogP contribution in [0.25, 0.3) is 0 Å². The number of aryl methyl sites for hydroxylation is 1. The molecule has 1 aliphatic rings. The zero-order valence-corrected chi connectivity index (χ0v) is 10.3. The minimum Gasteiger partial charge on any atom is -0.465 e. The predicted octanol–water partition coefficient (Wildman–Crippen LogP) is 1.23. The molecule has 4 heteroatoms. The van der Waals surface area contributed by atoms with Crippen LogP contribution in [0.4, 0.5) is 0 Å². The van der Waals surface area contributed by atoms with Crippen molar-refractivity contribution >= 4 is 5.97 Å². The maximum atomic E-state index is 11.6. The van der Waals surface area contributed by atoms with Crippen molar-refractivity contribution < 1.29 is 14.6 Å². The Morgan fingerprint density at radius 3 is 2.78 bits per heavy atom. The Morgan fingerprint density at radius 2 is 2.11 bits per heavy atom. The summed E-state index contributed by atoms with van der Waals surface area (Å²) in [6.45, 7) is 0.433. The highest BCUT2D eigenvalue weighted by molar-refractivity contribution is 5.76. The highest BCUT2D eigenvalue weighted by Crippen LogP contribution is 2.11. The molecule has 1 unspecified atom stereocenters. The van der Waals surface area contributed by atoms with E-state index in [0.29, 0.717) is 19.4 Å². The number of hydrogen-bond acceptors (Lipinski definition) is 4. The highest BCUT2D eigenvalue weighted by atomic mass is 16.5. The van der Waals surface area contributed by atoms with Gasteiger partial charge in [0.05, 0.1) is 6.61 Å². The van der Waals surface area contributed by atoms with Gasteiger partial charge in [-0.1, -0.05) is 30.3 Å². The van der Waals surface area contributed by atoms with E-state index >= 15 is 0 Å². The van der Waals surface area contributed by atoms with Crippen molar-refractivity contribution in [3.8, 4) is 0 Å². The summed E-state index contributed by atoms with van der Waals surface area (Å²) in [5.41, 5.74) is 1.25. The van der Waals surface area contributed by atoms with E-state index in [1.165, 1.54) is 5.56 Å². The van der Waals surface area contributed by atoms with Crippen LogP contribution < -0.4 is 5.32 Å². The van der Waals surface area contributed by atoms with Crippen molar-refractivity contribution in [1.29, 1.82) is 0 Å². The SMILES string of the molecule is O=C(OCCCc1ccccc1)C1CC[C@@H](O)N1. The third-order valence-corrected chi connectivity index (χ3v) is 3.10. The van der Waals surface area contributed by atoms with Crippen molar-refractivity contribution in [2.24, 2.45) is 0 Å². The second-order valence-corrected chi connectivity index (χ2v) is 4.57. The average molecular weight is 249 g/mol. The number of ether oxygens (including phenoxy) is 1. The molecule has 1 fully saturated rings. The first kappa shape index (κ1) is 13.1. The molecule has 0 spiro atoms. The van der Waals surface area contributed by atoms with Crippen LogP contribution in [0.2, 0.25) is 0 Å². The number of nitrogens with one attached hydrogen (secondary N) is 1. The van der Waals surface area contributed by atoms with Gasteiger partial charge >= 0.3 is 5.97 Å².